The largest absolute Gasteiger partial charge is 0.454 e. The zero-order valence-corrected chi connectivity index (χ0v) is 15.5. The molecule has 7 heteroatoms. The van der Waals surface area contributed by atoms with Crippen molar-refractivity contribution in [2.24, 2.45) is 0 Å². The van der Waals surface area contributed by atoms with Crippen LogP contribution in [0.2, 0.25) is 5.02 Å². The maximum Gasteiger partial charge on any atom is 0.255 e. The summed E-state index contributed by atoms with van der Waals surface area (Å²) < 4.78 is 10.7. The molecule has 0 radical (unpaired) electrons. The van der Waals surface area contributed by atoms with Crippen LogP contribution in [0.15, 0.2) is 42.5 Å². The van der Waals surface area contributed by atoms with Gasteiger partial charge in [-0.25, -0.2) is 4.98 Å². The highest BCUT2D eigenvalue weighted by Gasteiger charge is 2.22. The first kappa shape index (κ1) is 16.9. The number of halogens is 1. The molecule has 1 aliphatic rings. The number of carbonyl (C=O) groups excluding carboxylic acids is 1. The monoisotopic (exact) mass is 386 g/mol. The fourth-order valence-electron chi connectivity index (χ4n) is 2.76. The minimum absolute atomic E-state index is 0.135. The minimum atomic E-state index is -0.215. The van der Waals surface area contributed by atoms with E-state index in [0.29, 0.717) is 28.6 Å². The van der Waals surface area contributed by atoms with E-state index < -0.39 is 0 Å². The van der Waals surface area contributed by atoms with Crippen molar-refractivity contribution in [2.45, 2.75) is 13.5 Å². The highest BCUT2D eigenvalue weighted by molar-refractivity contribution is 7.12. The molecule has 1 aromatic heterocycles. The molecule has 0 fully saturated rings. The van der Waals surface area contributed by atoms with Gasteiger partial charge < -0.3 is 14.8 Å². The fourth-order valence-corrected chi connectivity index (χ4v) is 3.78. The van der Waals surface area contributed by atoms with Gasteiger partial charge in [-0.15, -0.1) is 11.3 Å². The average molecular weight is 387 g/mol. The molecule has 0 unspecified atom stereocenters. The Morgan fingerprint density at radius 1 is 1.23 bits per heavy atom. The third-order valence-corrected chi connectivity index (χ3v) is 5.22. The molecule has 1 amide bonds. The number of nitrogens with zero attached hydrogens (tertiary/aromatic N) is 1. The molecule has 0 aliphatic carbocycles. The van der Waals surface area contributed by atoms with E-state index in [1.165, 1.54) is 0 Å². The van der Waals surface area contributed by atoms with Crippen LogP contribution in [-0.4, -0.2) is 17.7 Å². The third kappa shape index (κ3) is 3.25. The van der Waals surface area contributed by atoms with Crippen LogP contribution < -0.4 is 14.8 Å². The second kappa shape index (κ2) is 6.97. The predicted octanol–water partition coefficient (Wildman–Crippen LogP) is 4.43. The number of ether oxygens (including phenoxy) is 2. The van der Waals surface area contributed by atoms with Gasteiger partial charge in [-0.05, 0) is 31.2 Å². The Balaban J connectivity index is 1.49. The van der Waals surface area contributed by atoms with Crippen LogP contribution in [0.25, 0.3) is 11.3 Å². The Hall–Kier alpha value is -2.57. The molecule has 0 bridgehead atoms. The molecular weight excluding hydrogens is 372 g/mol. The van der Waals surface area contributed by atoms with Crippen molar-refractivity contribution in [2.75, 3.05) is 6.79 Å². The van der Waals surface area contributed by atoms with Crippen molar-refractivity contribution in [3.05, 3.63) is 62.9 Å². The Morgan fingerprint density at radius 2 is 2.04 bits per heavy atom. The van der Waals surface area contributed by atoms with Gasteiger partial charge in [0.25, 0.3) is 5.91 Å². The van der Waals surface area contributed by atoms with Gasteiger partial charge in [-0.3, -0.25) is 4.79 Å². The van der Waals surface area contributed by atoms with Crippen LogP contribution in [0.4, 0.5) is 0 Å². The number of carbonyl (C=O) groups is 1. The predicted molar refractivity (Wildman–Crippen MR) is 101 cm³/mol. The van der Waals surface area contributed by atoms with Crippen LogP contribution in [0, 0.1) is 6.92 Å². The van der Waals surface area contributed by atoms with Crippen LogP contribution in [-0.2, 0) is 6.54 Å². The molecule has 5 nitrogen and oxygen atoms in total. The summed E-state index contributed by atoms with van der Waals surface area (Å²) in [5.74, 6) is 0.864. The summed E-state index contributed by atoms with van der Waals surface area (Å²) in [5.41, 5.74) is 2.38. The van der Waals surface area contributed by atoms with Crippen LogP contribution >= 0.6 is 22.9 Å². The Bertz CT molecular complexity index is 969. The molecule has 0 atom stereocenters. The zero-order chi connectivity index (χ0) is 18.1. The van der Waals surface area contributed by atoms with Crippen molar-refractivity contribution in [3.63, 3.8) is 0 Å². The SMILES string of the molecule is Cc1sc(CNC(=O)c2cccc3c2OCO3)nc1-c1ccc(Cl)cc1. The van der Waals surface area contributed by atoms with Crippen LogP contribution in [0.5, 0.6) is 11.5 Å². The number of benzene rings is 2. The van der Waals surface area contributed by atoms with Crippen molar-refractivity contribution in [3.8, 4) is 22.8 Å². The van der Waals surface area contributed by atoms with Gasteiger partial charge in [0, 0.05) is 15.5 Å². The molecule has 2 aromatic carbocycles. The molecule has 4 rings (SSSR count). The van der Waals surface area contributed by atoms with E-state index in [9.17, 15) is 4.79 Å². The lowest BCUT2D eigenvalue weighted by Gasteiger charge is -2.06. The van der Waals surface area contributed by atoms with E-state index in [-0.39, 0.29) is 12.7 Å². The zero-order valence-electron chi connectivity index (χ0n) is 13.9. The molecule has 2 heterocycles. The van der Waals surface area contributed by atoms with Gasteiger partial charge in [0.1, 0.15) is 5.01 Å². The number of fused-ring (bicyclic) bond motifs is 1. The molecule has 1 N–H and O–H groups in total. The Morgan fingerprint density at radius 3 is 2.85 bits per heavy atom. The summed E-state index contributed by atoms with van der Waals surface area (Å²) in [6, 6.07) is 12.8. The number of hydrogen-bond acceptors (Lipinski definition) is 5. The lowest BCUT2D eigenvalue weighted by molar-refractivity contribution is 0.0946. The van der Waals surface area contributed by atoms with Crippen molar-refractivity contribution >= 4 is 28.8 Å². The summed E-state index contributed by atoms with van der Waals surface area (Å²) in [4.78, 5) is 18.2. The van der Waals surface area contributed by atoms with E-state index in [0.717, 1.165) is 21.1 Å². The topological polar surface area (TPSA) is 60.5 Å². The van der Waals surface area contributed by atoms with Gasteiger partial charge in [0.15, 0.2) is 11.5 Å². The van der Waals surface area contributed by atoms with Crippen molar-refractivity contribution in [1.82, 2.24) is 10.3 Å². The summed E-state index contributed by atoms with van der Waals surface area (Å²) >= 11 is 7.50. The Labute approximate surface area is 159 Å². The molecule has 3 aromatic rings. The molecule has 0 saturated heterocycles. The Kier molecular flexibility index (Phi) is 4.53. The summed E-state index contributed by atoms with van der Waals surface area (Å²) in [7, 11) is 0. The highest BCUT2D eigenvalue weighted by atomic mass is 35.5. The van der Waals surface area contributed by atoms with E-state index in [2.05, 4.69) is 10.3 Å². The molecule has 1 aliphatic heterocycles. The smallest absolute Gasteiger partial charge is 0.255 e. The number of aryl methyl sites for hydroxylation is 1. The maximum absolute atomic E-state index is 12.5. The van der Waals surface area contributed by atoms with Gasteiger partial charge in [0.2, 0.25) is 6.79 Å². The first-order valence-electron chi connectivity index (χ1n) is 8.01. The van der Waals surface area contributed by atoms with Gasteiger partial charge in [-0.1, -0.05) is 29.8 Å². The standard InChI is InChI=1S/C19H15ClN2O3S/c1-11-17(12-5-7-13(20)8-6-12)22-16(26-11)9-21-19(23)14-3-2-4-15-18(14)25-10-24-15/h2-8H,9-10H2,1H3,(H,21,23). The quantitative estimate of drug-likeness (QED) is 0.720. The molecule has 26 heavy (non-hydrogen) atoms. The van der Waals surface area contributed by atoms with Gasteiger partial charge in [-0.2, -0.15) is 0 Å². The molecule has 0 saturated carbocycles. The average Bonchev–Trinajstić information content (AvgIpc) is 3.26. The molecular formula is C19H15ClN2O3S. The maximum atomic E-state index is 12.5. The van der Waals surface area contributed by atoms with Gasteiger partial charge >= 0.3 is 0 Å². The minimum Gasteiger partial charge on any atom is -0.454 e. The summed E-state index contributed by atoms with van der Waals surface area (Å²) in [5, 5.41) is 4.43. The second-order valence-electron chi connectivity index (χ2n) is 5.74. The third-order valence-electron chi connectivity index (χ3n) is 4.00. The van der Waals surface area contributed by atoms with E-state index in [4.69, 9.17) is 21.1 Å². The first-order valence-corrected chi connectivity index (χ1v) is 9.20. The van der Waals surface area contributed by atoms with Crippen LogP contribution in [0.3, 0.4) is 0 Å². The number of amides is 1. The number of aromatic nitrogens is 1. The summed E-state index contributed by atoms with van der Waals surface area (Å²) in [6.45, 7) is 2.50. The summed E-state index contributed by atoms with van der Waals surface area (Å²) in [6.07, 6.45) is 0. The second-order valence-corrected chi connectivity index (χ2v) is 7.47. The number of nitrogens with one attached hydrogen (secondary N) is 1. The highest BCUT2D eigenvalue weighted by Crippen LogP contribution is 2.35. The first-order chi connectivity index (χ1) is 12.6. The van der Waals surface area contributed by atoms with Crippen molar-refractivity contribution in [1.29, 1.82) is 0 Å². The van der Waals surface area contributed by atoms with Gasteiger partial charge in [0.05, 0.1) is 17.8 Å². The fraction of sp³-hybridized carbons (Fsp3) is 0.158. The number of thiazole rings is 1. The van der Waals surface area contributed by atoms with E-state index in [1.807, 2.05) is 31.2 Å². The van der Waals surface area contributed by atoms with E-state index >= 15 is 0 Å². The number of para-hydroxylation sites is 1. The number of rotatable bonds is 4. The van der Waals surface area contributed by atoms with Crippen LogP contribution in [0.1, 0.15) is 20.2 Å². The van der Waals surface area contributed by atoms with E-state index in [1.54, 1.807) is 29.5 Å². The lowest BCUT2D eigenvalue weighted by atomic mass is 10.1. The van der Waals surface area contributed by atoms with Crippen molar-refractivity contribution < 1.29 is 14.3 Å². The molecule has 0 spiro atoms. The lowest BCUT2D eigenvalue weighted by Crippen LogP contribution is -2.23. The normalized spacial score (nSPS) is 12.2. The number of hydrogen-bond donors (Lipinski definition) is 1. The molecule has 132 valence electrons.